The largest absolute Gasteiger partial charge is 0.490 e. The Labute approximate surface area is 129 Å². The van der Waals surface area contributed by atoms with Gasteiger partial charge in [0, 0.05) is 12.6 Å². The first-order chi connectivity index (χ1) is 9.93. The number of nitrogens with one attached hydrogen (secondary N) is 1. The van der Waals surface area contributed by atoms with Gasteiger partial charge < -0.3 is 15.2 Å². The van der Waals surface area contributed by atoms with Crippen LogP contribution in [0.5, 0.6) is 5.75 Å². The second-order valence-electron chi connectivity index (χ2n) is 6.24. The summed E-state index contributed by atoms with van der Waals surface area (Å²) in [6, 6.07) is 6.50. The third-order valence-electron chi connectivity index (χ3n) is 3.98. The molecular formula is C18H31NO2. The summed E-state index contributed by atoms with van der Waals surface area (Å²) in [4.78, 5) is 0. The summed E-state index contributed by atoms with van der Waals surface area (Å²) in [6.45, 7) is 11.6. The lowest BCUT2D eigenvalue weighted by Crippen LogP contribution is -2.37. The molecule has 3 atom stereocenters. The van der Waals surface area contributed by atoms with Crippen molar-refractivity contribution in [2.75, 3.05) is 13.2 Å². The van der Waals surface area contributed by atoms with Gasteiger partial charge in [0.15, 0.2) is 0 Å². The molecule has 1 rings (SSSR count). The van der Waals surface area contributed by atoms with Crippen molar-refractivity contribution in [3.8, 4) is 5.75 Å². The zero-order valence-electron chi connectivity index (χ0n) is 14.1. The van der Waals surface area contributed by atoms with Crippen molar-refractivity contribution < 1.29 is 9.84 Å². The van der Waals surface area contributed by atoms with Crippen molar-refractivity contribution in [3.05, 3.63) is 29.3 Å². The van der Waals surface area contributed by atoms with Crippen molar-refractivity contribution in [1.82, 2.24) is 5.32 Å². The van der Waals surface area contributed by atoms with Gasteiger partial charge in [0.2, 0.25) is 0 Å². The summed E-state index contributed by atoms with van der Waals surface area (Å²) in [5, 5.41) is 13.4. The summed E-state index contributed by atoms with van der Waals surface area (Å²) < 4.78 is 5.77. The molecule has 0 saturated heterocycles. The van der Waals surface area contributed by atoms with Gasteiger partial charge in [0.1, 0.15) is 18.5 Å². The molecule has 0 bridgehead atoms. The van der Waals surface area contributed by atoms with E-state index in [1.807, 2.05) is 32.0 Å². The molecule has 0 amide bonds. The van der Waals surface area contributed by atoms with Crippen molar-refractivity contribution in [3.63, 3.8) is 0 Å². The second-order valence-corrected chi connectivity index (χ2v) is 6.24. The lowest BCUT2D eigenvalue weighted by Gasteiger charge is -2.20. The van der Waals surface area contributed by atoms with E-state index in [0.29, 0.717) is 19.2 Å². The molecule has 0 aliphatic heterocycles. The van der Waals surface area contributed by atoms with E-state index in [0.717, 1.165) is 29.2 Å². The van der Waals surface area contributed by atoms with Crippen LogP contribution in [0.25, 0.3) is 0 Å². The number of hydrogen-bond acceptors (Lipinski definition) is 3. The first kappa shape index (κ1) is 18.0. The standard InChI is InChI=1S/C18H31NO2/c1-6-13(2)10-16(5)19-11-17(20)12-21-18-14(3)8-7-9-15(18)4/h7-9,13,16-17,19-20H,6,10-12H2,1-5H3. The first-order valence-corrected chi connectivity index (χ1v) is 8.04. The number of rotatable bonds is 9. The van der Waals surface area contributed by atoms with Crippen LogP contribution in [0.1, 0.15) is 44.7 Å². The Morgan fingerprint density at radius 1 is 1.19 bits per heavy atom. The molecule has 1 aromatic rings. The molecule has 21 heavy (non-hydrogen) atoms. The maximum Gasteiger partial charge on any atom is 0.125 e. The molecule has 0 aliphatic carbocycles. The van der Waals surface area contributed by atoms with Crippen LogP contribution < -0.4 is 10.1 Å². The molecule has 120 valence electrons. The highest BCUT2D eigenvalue weighted by Gasteiger charge is 2.11. The van der Waals surface area contributed by atoms with E-state index in [9.17, 15) is 5.11 Å². The quantitative estimate of drug-likeness (QED) is 0.732. The van der Waals surface area contributed by atoms with E-state index < -0.39 is 6.10 Å². The molecule has 0 radical (unpaired) electrons. The SMILES string of the molecule is CCC(C)CC(C)NCC(O)COc1c(C)cccc1C. The molecule has 0 aliphatic rings. The minimum absolute atomic E-state index is 0.328. The van der Waals surface area contributed by atoms with Crippen molar-refractivity contribution in [2.24, 2.45) is 5.92 Å². The zero-order chi connectivity index (χ0) is 15.8. The van der Waals surface area contributed by atoms with E-state index in [2.05, 4.69) is 26.1 Å². The minimum Gasteiger partial charge on any atom is -0.490 e. The molecule has 3 heteroatoms. The van der Waals surface area contributed by atoms with Gasteiger partial charge in [-0.25, -0.2) is 0 Å². The lowest BCUT2D eigenvalue weighted by atomic mass is 10.0. The third-order valence-corrected chi connectivity index (χ3v) is 3.98. The number of ether oxygens (including phenoxy) is 1. The third kappa shape index (κ3) is 6.49. The molecule has 3 nitrogen and oxygen atoms in total. The number of benzene rings is 1. The molecule has 0 saturated carbocycles. The monoisotopic (exact) mass is 293 g/mol. The van der Waals surface area contributed by atoms with Gasteiger partial charge in [-0.2, -0.15) is 0 Å². The Morgan fingerprint density at radius 3 is 2.38 bits per heavy atom. The van der Waals surface area contributed by atoms with Crippen LogP contribution in [0.15, 0.2) is 18.2 Å². The zero-order valence-corrected chi connectivity index (χ0v) is 14.1. The highest BCUT2D eigenvalue weighted by molar-refractivity contribution is 5.39. The Hall–Kier alpha value is -1.06. The Morgan fingerprint density at radius 2 is 1.81 bits per heavy atom. The lowest BCUT2D eigenvalue weighted by molar-refractivity contribution is 0.102. The Kier molecular flexibility index (Phi) is 7.76. The summed E-state index contributed by atoms with van der Waals surface area (Å²) >= 11 is 0. The average molecular weight is 293 g/mol. The first-order valence-electron chi connectivity index (χ1n) is 8.04. The summed E-state index contributed by atoms with van der Waals surface area (Å²) in [5.74, 6) is 1.61. The molecule has 0 aromatic heterocycles. The van der Waals surface area contributed by atoms with Crippen LogP contribution in [0.3, 0.4) is 0 Å². The fourth-order valence-corrected chi connectivity index (χ4v) is 2.46. The van der Waals surface area contributed by atoms with Gasteiger partial charge in [-0.15, -0.1) is 0 Å². The van der Waals surface area contributed by atoms with Crippen molar-refractivity contribution >= 4 is 0 Å². The van der Waals surface area contributed by atoms with E-state index in [1.165, 1.54) is 6.42 Å². The van der Waals surface area contributed by atoms with Crippen LogP contribution in [-0.2, 0) is 0 Å². The Bertz CT molecular complexity index is 399. The topological polar surface area (TPSA) is 41.5 Å². The predicted octanol–water partition coefficient (Wildman–Crippen LogP) is 3.46. The second kappa shape index (κ2) is 9.06. The predicted molar refractivity (Wildman–Crippen MR) is 89.0 cm³/mol. The Balaban J connectivity index is 2.33. The maximum absolute atomic E-state index is 10.0. The fourth-order valence-electron chi connectivity index (χ4n) is 2.46. The number of aliphatic hydroxyl groups is 1. The van der Waals surface area contributed by atoms with E-state index in [1.54, 1.807) is 0 Å². The molecule has 3 unspecified atom stereocenters. The molecule has 0 spiro atoms. The molecular weight excluding hydrogens is 262 g/mol. The highest BCUT2D eigenvalue weighted by atomic mass is 16.5. The van der Waals surface area contributed by atoms with Gasteiger partial charge in [-0.1, -0.05) is 38.5 Å². The van der Waals surface area contributed by atoms with Crippen LogP contribution in [-0.4, -0.2) is 30.4 Å². The van der Waals surface area contributed by atoms with E-state index in [4.69, 9.17) is 4.74 Å². The van der Waals surface area contributed by atoms with Crippen molar-refractivity contribution in [2.45, 2.75) is 59.6 Å². The van der Waals surface area contributed by atoms with Crippen LogP contribution in [0.2, 0.25) is 0 Å². The summed E-state index contributed by atoms with van der Waals surface area (Å²) in [7, 11) is 0. The highest BCUT2D eigenvalue weighted by Crippen LogP contribution is 2.22. The number of aryl methyl sites for hydroxylation is 2. The van der Waals surface area contributed by atoms with Gasteiger partial charge >= 0.3 is 0 Å². The summed E-state index contributed by atoms with van der Waals surface area (Å²) in [5.41, 5.74) is 2.22. The molecule has 0 heterocycles. The normalized spacial score (nSPS) is 15.5. The smallest absolute Gasteiger partial charge is 0.125 e. The van der Waals surface area contributed by atoms with Gasteiger partial charge in [-0.3, -0.25) is 0 Å². The number of aliphatic hydroxyl groups excluding tert-OH is 1. The summed E-state index contributed by atoms with van der Waals surface area (Å²) in [6.07, 6.45) is 1.86. The van der Waals surface area contributed by atoms with Gasteiger partial charge in [-0.05, 0) is 44.2 Å². The van der Waals surface area contributed by atoms with Crippen LogP contribution in [0, 0.1) is 19.8 Å². The van der Waals surface area contributed by atoms with Crippen LogP contribution >= 0.6 is 0 Å². The van der Waals surface area contributed by atoms with E-state index >= 15 is 0 Å². The fraction of sp³-hybridized carbons (Fsp3) is 0.667. The minimum atomic E-state index is -0.483. The molecule has 2 N–H and O–H groups in total. The molecule has 0 fully saturated rings. The van der Waals surface area contributed by atoms with Crippen molar-refractivity contribution in [1.29, 1.82) is 0 Å². The number of hydrogen-bond donors (Lipinski definition) is 2. The van der Waals surface area contributed by atoms with Gasteiger partial charge in [0.05, 0.1) is 0 Å². The molecule has 1 aromatic carbocycles. The maximum atomic E-state index is 10.0. The average Bonchev–Trinajstić information content (AvgIpc) is 2.44. The van der Waals surface area contributed by atoms with E-state index in [-0.39, 0.29) is 0 Å². The van der Waals surface area contributed by atoms with Gasteiger partial charge in [0.25, 0.3) is 0 Å². The number of para-hydroxylation sites is 1. The van der Waals surface area contributed by atoms with Crippen LogP contribution in [0.4, 0.5) is 0 Å².